The summed E-state index contributed by atoms with van der Waals surface area (Å²) in [6, 6.07) is 15.7. The lowest BCUT2D eigenvalue weighted by atomic mass is 10.2. The van der Waals surface area contributed by atoms with E-state index in [1.807, 2.05) is 30.3 Å². The summed E-state index contributed by atoms with van der Waals surface area (Å²) in [4.78, 5) is 12.5. The number of aromatic hydroxyl groups is 1. The molecular weight excluding hydrogens is 314 g/mol. The first kappa shape index (κ1) is 15.1. The van der Waals surface area contributed by atoms with Crippen LogP contribution in [0.2, 0.25) is 5.15 Å². The lowest BCUT2D eigenvalue weighted by molar-refractivity contribution is 0.102. The first-order valence-electron chi connectivity index (χ1n) is 6.97. The van der Waals surface area contributed by atoms with Gasteiger partial charge in [-0.1, -0.05) is 35.9 Å². The molecule has 0 unspecified atom stereocenters. The van der Waals surface area contributed by atoms with Crippen LogP contribution in [-0.2, 0) is 0 Å². The van der Waals surface area contributed by atoms with Crippen LogP contribution >= 0.6 is 11.6 Å². The number of rotatable bonds is 3. The van der Waals surface area contributed by atoms with E-state index in [1.165, 1.54) is 16.8 Å². The highest BCUT2D eigenvalue weighted by molar-refractivity contribution is 6.34. The molecule has 0 saturated heterocycles. The molecule has 0 bridgehead atoms. The van der Waals surface area contributed by atoms with Crippen molar-refractivity contribution in [1.29, 1.82) is 0 Å². The summed E-state index contributed by atoms with van der Waals surface area (Å²) in [5.41, 5.74) is 2.09. The topological polar surface area (TPSA) is 67.2 Å². The largest absolute Gasteiger partial charge is 0.508 e. The molecule has 1 amide bonds. The second-order valence-corrected chi connectivity index (χ2v) is 5.36. The molecule has 116 valence electrons. The molecule has 1 heterocycles. The molecule has 0 spiro atoms. The van der Waals surface area contributed by atoms with E-state index in [4.69, 9.17) is 11.6 Å². The monoisotopic (exact) mass is 327 g/mol. The highest BCUT2D eigenvalue weighted by atomic mass is 35.5. The van der Waals surface area contributed by atoms with E-state index in [-0.39, 0.29) is 16.8 Å². The quantitative estimate of drug-likeness (QED) is 0.769. The van der Waals surface area contributed by atoms with E-state index >= 15 is 0 Å². The smallest absolute Gasteiger partial charge is 0.260 e. The highest BCUT2D eigenvalue weighted by Crippen LogP contribution is 2.25. The summed E-state index contributed by atoms with van der Waals surface area (Å²) >= 11 is 6.35. The van der Waals surface area contributed by atoms with Crippen molar-refractivity contribution in [2.45, 2.75) is 6.92 Å². The summed E-state index contributed by atoms with van der Waals surface area (Å²) in [7, 11) is 0. The number of anilines is 1. The lowest BCUT2D eigenvalue weighted by Crippen LogP contribution is -2.13. The second-order valence-electron chi connectivity index (χ2n) is 5.00. The fourth-order valence-electron chi connectivity index (χ4n) is 2.27. The minimum atomic E-state index is -0.375. The third-order valence-corrected chi connectivity index (χ3v) is 3.68. The molecule has 0 aliphatic rings. The van der Waals surface area contributed by atoms with Gasteiger partial charge in [-0.15, -0.1) is 0 Å². The van der Waals surface area contributed by atoms with Crippen LogP contribution in [0.25, 0.3) is 5.69 Å². The molecule has 0 aliphatic heterocycles. The average molecular weight is 328 g/mol. The van der Waals surface area contributed by atoms with Crippen LogP contribution in [0.3, 0.4) is 0 Å². The number of nitrogens with zero attached hydrogens (tertiary/aromatic N) is 2. The molecule has 0 aliphatic carbocycles. The van der Waals surface area contributed by atoms with E-state index in [9.17, 15) is 9.90 Å². The summed E-state index contributed by atoms with van der Waals surface area (Å²) < 4.78 is 1.52. The standard InChI is InChI=1S/C17H14ClN3O2/c1-11-15(17(23)19-12-6-5-9-14(22)10-12)16(18)21(20-11)13-7-3-2-4-8-13/h2-10,22H,1H3,(H,19,23). The third kappa shape index (κ3) is 3.05. The molecule has 3 aromatic rings. The maximum atomic E-state index is 12.5. The Labute approximate surface area is 138 Å². The van der Waals surface area contributed by atoms with Gasteiger partial charge < -0.3 is 10.4 Å². The number of nitrogens with one attached hydrogen (secondary N) is 1. The summed E-state index contributed by atoms with van der Waals surface area (Å²) in [6.07, 6.45) is 0. The molecule has 0 saturated carbocycles. The molecular formula is C17H14ClN3O2. The summed E-state index contributed by atoms with van der Waals surface area (Å²) in [5.74, 6) is -0.300. The minimum Gasteiger partial charge on any atom is -0.508 e. The minimum absolute atomic E-state index is 0.0746. The highest BCUT2D eigenvalue weighted by Gasteiger charge is 2.21. The number of amides is 1. The molecule has 0 fully saturated rings. The van der Waals surface area contributed by atoms with Crippen LogP contribution in [0.4, 0.5) is 5.69 Å². The van der Waals surface area contributed by atoms with E-state index in [2.05, 4.69) is 10.4 Å². The van der Waals surface area contributed by atoms with Gasteiger partial charge in [-0.3, -0.25) is 4.79 Å². The van der Waals surface area contributed by atoms with E-state index in [0.29, 0.717) is 16.9 Å². The van der Waals surface area contributed by atoms with Gasteiger partial charge >= 0.3 is 0 Å². The average Bonchev–Trinajstić information content (AvgIpc) is 2.83. The van der Waals surface area contributed by atoms with Crippen molar-refractivity contribution in [3.8, 4) is 11.4 Å². The maximum absolute atomic E-state index is 12.5. The molecule has 23 heavy (non-hydrogen) atoms. The van der Waals surface area contributed by atoms with Crippen molar-refractivity contribution in [3.63, 3.8) is 0 Å². The van der Waals surface area contributed by atoms with E-state index in [0.717, 1.165) is 5.69 Å². The Balaban J connectivity index is 1.94. The van der Waals surface area contributed by atoms with Crippen molar-refractivity contribution in [1.82, 2.24) is 9.78 Å². The Morgan fingerprint density at radius 3 is 2.61 bits per heavy atom. The fraction of sp³-hybridized carbons (Fsp3) is 0.0588. The molecule has 0 atom stereocenters. The van der Waals surface area contributed by atoms with Gasteiger partial charge in [0.2, 0.25) is 0 Å². The maximum Gasteiger partial charge on any atom is 0.260 e. The van der Waals surface area contributed by atoms with Crippen molar-refractivity contribution in [2.75, 3.05) is 5.32 Å². The first-order chi connectivity index (χ1) is 11.1. The van der Waals surface area contributed by atoms with Gasteiger partial charge in [0.1, 0.15) is 16.5 Å². The van der Waals surface area contributed by atoms with Crippen LogP contribution in [0.1, 0.15) is 16.1 Å². The number of para-hydroxylation sites is 1. The van der Waals surface area contributed by atoms with Gasteiger partial charge in [-0.25, -0.2) is 4.68 Å². The van der Waals surface area contributed by atoms with Crippen LogP contribution in [0.5, 0.6) is 5.75 Å². The summed E-state index contributed by atoms with van der Waals surface area (Å²) in [5, 5.41) is 16.8. The number of aromatic nitrogens is 2. The van der Waals surface area contributed by atoms with E-state index < -0.39 is 0 Å². The number of aryl methyl sites for hydroxylation is 1. The first-order valence-corrected chi connectivity index (χ1v) is 7.35. The van der Waals surface area contributed by atoms with Gasteiger partial charge in [0, 0.05) is 11.8 Å². The van der Waals surface area contributed by atoms with Crippen molar-refractivity contribution in [3.05, 3.63) is 71.0 Å². The Bertz CT molecular complexity index is 860. The Morgan fingerprint density at radius 1 is 1.17 bits per heavy atom. The number of phenols is 1. The normalized spacial score (nSPS) is 10.5. The fourth-order valence-corrected chi connectivity index (χ4v) is 2.63. The third-order valence-electron chi connectivity index (χ3n) is 3.34. The number of hydrogen-bond donors (Lipinski definition) is 2. The Morgan fingerprint density at radius 2 is 1.91 bits per heavy atom. The Hall–Kier alpha value is -2.79. The van der Waals surface area contributed by atoms with Crippen molar-refractivity contribution >= 4 is 23.2 Å². The lowest BCUT2D eigenvalue weighted by Gasteiger charge is -2.06. The zero-order valence-corrected chi connectivity index (χ0v) is 13.1. The van der Waals surface area contributed by atoms with Crippen molar-refractivity contribution < 1.29 is 9.90 Å². The van der Waals surface area contributed by atoms with Gasteiger partial charge in [0.15, 0.2) is 0 Å². The van der Waals surface area contributed by atoms with Crippen molar-refractivity contribution in [2.24, 2.45) is 0 Å². The molecule has 2 aromatic carbocycles. The predicted molar refractivity (Wildman–Crippen MR) is 89.4 cm³/mol. The van der Waals surface area contributed by atoms with Gasteiger partial charge in [0.25, 0.3) is 5.91 Å². The molecule has 6 heteroatoms. The van der Waals surface area contributed by atoms with E-state index in [1.54, 1.807) is 19.1 Å². The number of halogens is 1. The second kappa shape index (κ2) is 6.14. The van der Waals surface area contributed by atoms with Crippen LogP contribution in [0.15, 0.2) is 54.6 Å². The van der Waals surface area contributed by atoms with Crippen LogP contribution < -0.4 is 5.32 Å². The van der Waals surface area contributed by atoms with Gasteiger partial charge in [0.05, 0.1) is 11.4 Å². The van der Waals surface area contributed by atoms with Gasteiger partial charge in [-0.05, 0) is 31.2 Å². The summed E-state index contributed by atoms with van der Waals surface area (Å²) in [6.45, 7) is 1.72. The SMILES string of the molecule is Cc1nn(-c2ccccc2)c(Cl)c1C(=O)Nc1cccc(O)c1. The number of carbonyl (C=O) groups is 1. The molecule has 2 N–H and O–H groups in total. The van der Waals surface area contributed by atoms with Crippen LogP contribution in [0, 0.1) is 6.92 Å². The van der Waals surface area contributed by atoms with Gasteiger partial charge in [-0.2, -0.15) is 5.10 Å². The molecule has 5 nitrogen and oxygen atoms in total. The molecule has 0 radical (unpaired) electrons. The number of benzene rings is 2. The van der Waals surface area contributed by atoms with Crippen LogP contribution in [-0.4, -0.2) is 20.8 Å². The predicted octanol–water partition coefficient (Wildman–Crippen LogP) is 3.79. The molecule has 3 rings (SSSR count). The Kier molecular flexibility index (Phi) is 4.04. The number of phenolic OH excluding ortho intramolecular Hbond substituents is 1. The molecule has 1 aromatic heterocycles. The number of hydrogen-bond acceptors (Lipinski definition) is 3. The zero-order valence-electron chi connectivity index (χ0n) is 12.3. The number of carbonyl (C=O) groups excluding carboxylic acids is 1. The zero-order chi connectivity index (χ0) is 16.4.